The zero-order valence-corrected chi connectivity index (χ0v) is 6.80. The first kappa shape index (κ1) is 10.0. The summed E-state index contributed by atoms with van der Waals surface area (Å²) >= 11 is 0. The highest BCUT2D eigenvalue weighted by molar-refractivity contribution is 5.21. The molecule has 0 amide bonds. The van der Waals surface area contributed by atoms with Crippen molar-refractivity contribution in [3.8, 4) is 0 Å². The van der Waals surface area contributed by atoms with Crippen molar-refractivity contribution in [1.82, 2.24) is 5.43 Å². The molecule has 0 saturated carbocycles. The van der Waals surface area contributed by atoms with Crippen LogP contribution in [-0.4, -0.2) is 11.7 Å². The summed E-state index contributed by atoms with van der Waals surface area (Å²) in [6, 6.07) is 2.99. The molecule has 1 unspecified atom stereocenters. The van der Waals surface area contributed by atoms with Crippen molar-refractivity contribution in [1.29, 1.82) is 0 Å². The van der Waals surface area contributed by atoms with Gasteiger partial charge in [0.2, 0.25) is 0 Å². The zero-order chi connectivity index (χ0) is 9.84. The standard InChI is InChI=1S/C8H10F2N2O/c9-5-1-2-6(7(10)3-5)8(13)4-12-11/h1-3,8,12-13H,4,11H2. The average molecular weight is 188 g/mol. The Morgan fingerprint density at radius 1 is 1.46 bits per heavy atom. The number of nitrogens with one attached hydrogen (secondary N) is 1. The van der Waals surface area contributed by atoms with E-state index in [0.717, 1.165) is 12.1 Å². The maximum absolute atomic E-state index is 13.0. The van der Waals surface area contributed by atoms with Crippen molar-refractivity contribution >= 4 is 0 Å². The molecule has 0 heterocycles. The molecule has 0 fully saturated rings. The molecule has 0 radical (unpaired) electrons. The first-order chi connectivity index (χ1) is 6.15. The lowest BCUT2D eigenvalue weighted by atomic mass is 10.1. The third kappa shape index (κ3) is 2.45. The summed E-state index contributed by atoms with van der Waals surface area (Å²) in [5.74, 6) is 3.49. The number of hydrazine groups is 1. The molecule has 0 aliphatic carbocycles. The lowest BCUT2D eigenvalue weighted by molar-refractivity contribution is 0.170. The molecule has 0 aromatic heterocycles. The van der Waals surface area contributed by atoms with Crippen molar-refractivity contribution < 1.29 is 13.9 Å². The van der Waals surface area contributed by atoms with E-state index in [1.807, 2.05) is 0 Å². The third-order valence-electron chi connectivity index (χ3n) is 1.63. The highest BCUT2D eigenvalue weighted by Crippen LogP contribution is 2.16. The van der Waals surface area contributed by atoms with Crippen LogP contribution < -0.4 is 11.3 Å². The molecule has 1 atom stereocenters. The van der Waals surface area contributed by atoms with Gasteiger partial charge in [0.25, 0.3) is 0 Å². The van der Waals surface area contributed by atoms with Crippen LogP contribution in [0.2, 0.25) is 0 Å². The first-order valence-electron chi connectivity index (χ1n) is 3.71. The maximum Gasteiger partial charge on any atom is 0.131 e. The molecular weight excluding hydrogens is 178 g/mol. The van der Waals surface area contributed by atoms with Gasteiger partial charge in [-0.05, 0) is 6.07 Å². The van der Waals surface area contributed by atoms with E-state index in [4.69, 9.17) is 5.84 Å². The fourth-order valence-electron chi connectivity index (χ4n) is 0.993. The van der Waals surface area contributed by atoms with Crippen LogP contribution in [0, 0.1) is 11.6 Å². The molecule has 0 saturated heterocycles. The van der Waals surface area contributed by atoms with Gasteiger partial charge in [-0.1, -0.05) is 6.07 Å². The van der Waals surface area contributed by atoms with Crippen molar-refractivity contribution in [2.24, 2.45) is 5.84 Å². The number of hydrogen-bond donors (Lipinski definition) is 3. The molecule has 1 rings (SSSR count). The van der Waals surface area contributed by atoms with Gasteiger partial charge in [0.05, 0.1) is 6.10 Å². The molecule has 13 heavy (non-hydrogen) atoms. The largest absolute Gasteiger partial charge is 0.387 e. The first-order valence-corrected chi connectivity index (χ1v) is 3.71. The molecule has 1 aromatic carbocycles. The molecule has 0 spiro atoms. The minimum Gasteiger partial charge on any atom is -0.387 e. The van der Waals surface area contributed by atoms with Gasteiger partial charge in [0, 0.05) is 18.2 Å². The zero-order valence-electron chi connectivity index (χ0n) is 6.80. The molecule has 5 heteroatoms. The third-order valence-corrected chi connectivity index (χ3v) is 1.63. The van der Waals surface area contributed by atoms with Crippen LogP contribution in [0.4, 0.5) is 8.78 Å². The van der Waals surface area contributed by atoms with Crippen molar-refractivity contribution in [2.75, 3.05) is 6.54 Å². The summed E-state index contributed by atoms with van der Waals surface area (Å²) in [5.41, 5.74) is 2.22. The fourth-order valence-corrected chi connectivity index (χ4v) is 0.993. The van der Waals surface area contributed by atoms with Gasteiger partial charge in [0.15, 0.2) is 0 Å². The highest BCUT2D eigenvalue weighted by Gasteiger charge is 2.12. The number of hydrogen-bond acceptors (Lipinski definition) is 3. The average Bonchev–Trinajstić information content (AvgIpc) is 2.04. The summed E-state index contributed by atoms with van der Waals surface area (Å²) in [6.45, 7) is 0.0164. The highest BCUT2D eigenvalue weighted by atomic mass is 19.1. The predicted molar refractivity (Wildman–Crippen MR) is 43.5 cm³/mol. The molecule has 4 N–H and O–H groups in total. The Labute approximate surface area is 74.1 Å². The normalized spacial score (nSPS) is 12.9. The van der Waals surface area contributed by atoms with Crippen LogP contribution in [0.5, 0.6) is 0 Å². The number of aliphatic hydroxyl groups excluding tert-OH is 1. The lowest BCUT2D eigenvalue weighted by Gasteiger charge is -2.10. The monoisotopic (exact) mass is 188 g/mol. The minimum atomic E-state index is -1.06. The predicted octanol–water partition coefficient (Wildman–Crippen LogP) is 0.461. The Hall–Kier alpha value is -1.04. The quantitative estimate of drug-likeness (QED) is 0.477. The Bertz CT molecular complexity index is 293. The van der Waals surface area contributed by atoms with E-state index in [0.29, 0.717) is 0 Å². The van der Waals surface area contributed by atoms with Crippen molar-refractivity contribution in [3.63, 3.8) is 0 Å². The summed E-state index contributed by atoms with van der Waals surface area (Å²) in [7, 11) is 0. The van der Waals surface area contributed by atoms with Crippen LogP contribution in [0.15, 0.2) is 18.2 Å². The fraction of sp³-hybridized carbons (Fsp3) is 0.250. The Kier molecular flexibility index (Phi) is 3.30. The van der Waals surface area contributed by atoms with E-state index in [9.17, 15) is 13.9 Å². The van der Waals surface area contributed by atoms with Crippen molar-refractivity contribution in [2.45, 2.75) is 6.10 Å². The molecule has 0 aliphatic rings. The Balaban J connectivity index is 2.88. The van der Waals surface area contributed by atoms with Gasteiger partial charge in [0.1, 0.15) is 11.6 Å². The van der Waals surface area contributed by atoms with Crippen LogP contribution in [0.25, 0.3) is 0 Å². The van der Waals surface area contributed by atoms with E-state index in [2.05, 4.69) is 5.43 Å². The molecule has 72 valence electrons. The second-order valence-electron chi connectivity index (χ2n) is 2.59. The molecule has 3 nitrogen and oxygen atoms in total. The SMILES string of the molecule is NNCC(O)c1ccc(F)cc1F. The molecule has 0 aliphatic heterocycles. The van der Waals surface area contributed by atoms with E-state index < -0.39 is 17.7 Å². The number of halogens is 2. The van der Waals surface area contributed by atoms with Gasteiger partial charge in [-0.15, -0.1) is 0 Å². The van der Waals surface area contributed by atoms with Gasteiger partial charge in [-0.25, -0.2) is 8.78 Å². The smallest absolute Gasteiger partial charge is 0.131 e. The topological polar surface area (TPSA) is 58.3 Å². The number of benzene rings is 1. The summed E-state index contributed by atoms with van der Waals surface area (Å²) in [5, 5.41) is 9.29. The summed E-state index contributed by atoms with van der Waals surface area (Å²) < 4.78 is 25.4. The number of nitrogens with two attached hydrogens (primary N) is 1. The number of rotatable bonds is 3. The molecule has 0 bridgehead atoms. The van der Waals surface area contributed by atoms with Gasteiger partial charge in [-0.3, -0.25) is 11.3 Å². The second-order valence-corrected chi connectivity index (χ2v) is 2.59. The van der Waals surface area contributed by atoms with Crippen LogP contribution >= 0.6 is 0 Å². The van der Waals surface area contributed by atoms with Gasteiger partial charge < -0.3 is 5.11 Å². The Morgan fingerprint density at radius 2 is 2.15 bits per heavy atom. The summed E-state index contributed by atoms with van der Waals surface area (Å²) in [4.78, 5) is 0. The molecule has 1 aromatic rings. The van der Waals surface area contributed by atoms with E-state index in [1.165, 1.54) is 6.07 Å². The lowest BCUT2D eigenvalue weighted by Crippen LogP contribution is -2.28. The van der Waals surface area contributed by atoms with Crippen LogP contribution in [-0.2, 0) is 0 Å². The summed E-state index contributed by atoms with van der Waals surface area (Å²) in [6.07, 6.45) is -1.06. The van der Waals surface area contributed by atoms with Crippen molar-refractivity contribution in [3.05, 3.63) is 35.4 Å². The van der Waals surface area contributed by atoms with Gasteiger partial charge in [-0.2, -0.15) is 0 Å². The number of aliphatic hydroxyl groups is 1. The minimum absolute atomic E-state index is 0.0164. The van der Waals surface area contributed by atoms with E-state index >= 15 is 0 Å². The van der Waals surface area contributed by atoms with E-state index in [1.54, 1.807) is 0 Å². The maximum atomic E-state index is 13.0. The second kappa shape index (κ2) is 4.27. The Morgan fingerprint density at radius 3 is 2.69 bits per heavy atom. The van der Waals surface area contributed by atoms with E-state index in [-0.39, 0.29) is 12.1 Å². The van der Waals surface area contributed by atoms with Gasteiger partial charge >= 0.3 is 0 Å². The van der Waals surface area contributed by atoms with Crippen LogP contribution in [0.3, 0.4) is 0 Å². The molecular formula is C8H10F2N2O. The van der Waals surface area contributed by atoms with Crippen LogP contribution in [0.1, 0.15) is 11.7 Å².